The molecule has 0 spiro atoms. The maximum Gasteiger partial charge on any atom is 0.306 e. The van der Waals surface area contributed by atoms with Gasteiger partial charge in [-0.15, -0.1) is 0 Å². The highest BCUT2D eigenvalue weighted by Gasteiger charge is 2.19. The standard InChI is InChI=1S/C77H126O6/c1-4-7-10-13-16-19-22-25-28-31-33-35-37-38-40-41-43-46-49-52-55-58-61-64-67-70-76(79)82-73-74(72-81-75(78)69-66-63-60-57-54-51-48-45-30-27-24-21-18-15-12-9-6-3)83-77(80)71-68-65-62-59-56-53-50-47-44-42-39-36-34-32-29-26-23-20-17-14-11-8-5-2/h8-9,11-12,17-18,20-22,25-27,29-31,33-34,36,42,44,48,51,57,60,74H,4-7,10,13-16,19,23-24,28,32,35,37-41,43,45-47,49-50,52-56,58-59,61-73H2,1-3H3/b11-8-,12-9-,20-17-,21-18-,25-22-,29-26-,30-27-,33-31-,36-34-,44-42-,51-48-,60-57-. The van der Waals surface area contributed by atoms with Crippen molar-refractivity contribution in [3.8, 4) is 0 Å². The molecule has 0 N–H and O–H groups in total. The van der Waals surface area contributed by atoms with E-state index in [0.717, 1.165) is 128 Å². The van der Waals surface area contributed by atoms with Gasteiger partial charge in [0.1, 0.15) is 13.2 Å². The monoisotopic (exact) mass is 1150 g/mol. The molecule has 0 aliphatic heterocycles. The van der Waals surface area contributed by atoms with E-state index in [0.29, 0.717) is 19.3 Å². The summed E-state index contributed by atoms with van der Waals surface area (Å²) >= 11 is 0. The Balaban J connectivity index is 4.45. The molecule has 6 heteroatoms. The number of ether oxygens (including phenoxy) is 3. The number of carbonyl (C=O) groups excluding carboxylic acids is 3. The molecule has 0 aromatic rings. The van der Waals surface area contributed by atoms with Crippen molar-refractivity contribution in [3.63, 3.8) is 0 Å². The quantitative estimate of drug-likeness (QED) is 0.0261. The summed E-state index contributed by atoms with van der Waals surface area (Å²) in [6.07, 6.45) is 100. The van der Waals surface area contributed by atoms with Crippen LogP contribution in [-0.4, -0.2) is 37.2 Å². The van der Waals surface area contributed by atoms with Crippen LogP contribution in [0.1, 0.15) is 303 Å². The van der Waals surface area contributed by atoms with E-state index in [2.05, 4.69) is 167 Å². The molecule has 0 saturated carbocycles. The fraction of sp³-hybridized carbons (Fsp3) is 0.649. The topological polar surface area (TPSA) is 78.9 Å². The lowest BCUT2D eigenvalue weighted by molar-refractivity contribution is -0.167. The maximum atomic E-state index is 13.0. The Labute approximate surface area is 512 Å². The fourth-order valence-corrected chi connectivity index (χ4v) is 9.24. The molecule has 6 nitrogen and oxygen atoms in total. The van der Waals surface area contributed by atoms with E-state index < -0.39 is 6.10 Å². The first kappa shape index (κ1) is 78.3. The summed E-state index contributed by atoms with van der Waals surface area (Å²) in [5.74, 6) is -0.973. The summed E-state index contributed by atoms with van der Waals surface area (Å²) in [4.78, 5) is 38.4. The average Bonchev–Trinajstić information content (AvgIpc) is 3.49. The van der Waals surface area contributed by atoms with Gasteiger partial charge in [0.25, 0.3) is 0 Å². The zero-order chi connectivity index (χ0) is 59.9. The van der Waals surface area contributed by atoms with E-state index in [9.17, 15) is 14.4 Å². The third kappa shape index (κ3) is 68.0. The van der Waals surface area contributed by atoms with Gasteiger partial charge in [-0.25, -0.2) is 0 Å². The van der Waals surface area contributed by atoms with Crippen LogP contribution in [0.5, 0.6) is 0 Å². The molecular weight excluding hydrogens is 1020 g/mol. The van der Waals surface area contributed by atoms with Gasteiger partial charge in [0, 0.05) is 19.3 Å². The maximum absolute atomic E-state index is 13.0. The number of allylic oxidation sites excluding steroid dienone is 24. The first-order valence-electron chi connectivity index (χ1n) is 34.3. The predicted molar refractivity (Wildman–Crippen MR) is 362 cm³/mol. The summed E-state index contributed by atoms with van der Waals surface area (Å²) in [7, 11) is 0. The van der Waals surface area contributed by atoms with Gasteiger partial charge in [-0.2, -0.15) is 0 Å². The van der Waals surface area contributed by atoms with E-state index >= 15 is 0 Å². The number of esters is 3. The van der Waals surface area contributed by atoms with Crippen molar-refractivity contribution in [2.75, 3.05) is 13.2 Å². The number of rotatable bonds is 61. The largest absolute Gasteiger partial charge is 0.462 e. The Morgan fingerprint density at radius 2 is 0.482 bits per heavy atom. The third-order valence-electron chi connectivity index (χ3n) is 14.3. The van der Waals surface area contributed by atoms with E-state index in [4.69, 9.17) is 14.2 Å². The van der Waals surface area contributed by atoms with E-state index in [1.807, 2.05) is 0 Å². The Morgan fingerprint density at radius 1 is 0.253 bits per heavy atom. The van der Waals surface area contributed by atoms with Gasteiger partial charge < -0.3 is 14.2 Å². The van der Waals surface area contributed by atoms with Crippen LogP contribution in [0.4, 0.5) is 0 Å². The van der Waals surface area contributed by atoms with Crippen LogP contribution >= 0.6 is 0 Å². The highest BCUT2D eigenvalue weighted by atomic mass is 16.6. The molecule has 0 amide bonds. The van der Waals surface area contributed by atoms with Gasteiger partial charge in [0.2, 0.25) is 0 Å². The molecule has 0 bridgehead atoms. The van der Waals surface area contributed by atoms with Crippen LogP contribution in [0.2, 0.25) is 0 Å². The number of carbonyl (C=O) groups is 3. The molecule has 0 aromatic heterocycles. The molecule has 0 rings (SSSR count). The minimum atomic E-state index is -0.816. The Hall–Kier alpha value is -4.71. The zero-order valence-electron chi connectivity index (χ0n) is 53.9. The van der Waals surface area contributed by atoms with Crippen LogP contribution in [0, 0.1) is 0 Å². The summed E-state index contributed by atoms with van der Waals surface area (Å²) in [6.45, 7) is 6.36. The van der Waals surface area contributed by atoms with Gasteiger partial charge in [0.05, 0.1) is 0 Å². The summed E-state index contributed by atoms with van der Waals surface area (Å²) in [6, 6.07) is 0. The van der Waals surface area contributed by atoms with Crippen molar-refractivity contribution >= 4 is 17.9 Å². The van der Waals surface area contributed by atoms with Crippen LogP contribution < -0.4 is 0 Å². The normalized spacial score (nSPS) is 13.0. The highest BCUT2D eigenvalue weighted by Crippen LogP contribution is 2.16. The first-order chi connectivity index (χ1) is 41.0. The minimum absolute atomic E-state index is 0.105. The molecule has 83 heavy (non-hydrogen) atoms. The molecule has 1 atom stereocenters. The Morgan fingerprint density at radius 3 is 0.783 bits per heavy atom. The average molecular weight is 1150 g/mol. The second-order valence-electron chi connectivity index (χ2n) is 22.3. The van der Waals surface area contributed by atoms with Gasteiger partial charge in [-0.05, 0) is 135 Å². The lowest BCUT2D eigenvalue weighted by atomic mass is 10.0. The fourth-order valence-electron chi connectivity index (χ4n) is 9.24. The van der Waals surface area contributed by atoms with E-state index in [1.54, 1.807) is 0 Å². The Kier molecular flexibility index (Phi) is 65.8. The predicted octanol–water partition coefficient (Wildman–Crippen LogP) is 23.9. The van der Waals surface area contributed by atoms with Crippen LogP contribution in [0.25, 0.3) is 0 Å². The lowest BCUT2D eigenvalue weighted by Crippen LogP contribution is -2.30. The molecule has 1 unspecified atom stereocenters. The smallest absolute Gasteiger partial charge is 0.306 e. The SMILES string of the molecule is CC/C=C\C/C=C\C/C=C\C/C=C\C/C=C\CCCCCCCCCC(=O)OC(COC(=O)CCC/C=C\C/C=C\C/C=C\C/C=C\C/C=C\CC)COC(=O)CCCCCCCCCCCCCCC/C=C\C/C=C\CCCCCCC. The van der Waals surface area contributed by atoms with Gasteiger partial charge in [-0.3, -0.25) is 14.4 Å². The number of unbranched alkanes of at least 4 members (excludes halogenated alkanes) is 26. The van der Waals surface area contributed by atoms with Gasteiger partial charge in [-0.1, -0.05) is 295 Å². The van der Waals surface area contributed by atoms with Crippen molar-refractivity contribution in [2.45, 2.75) is 309 Å². The van der Waals surface area contributed by atoms with Crippen molar-refractivity contribution in [1.29, 1.82) is 0 Å². The molecule has 0 heterocycles. The number of hydrogen-bond donors (Lipinski definition) is 0. The Bertz CT molecular complexity index is 1800. The van der Waals surface area contributed by atoms with Gasteiger partial charge >= 0.3 is 17.9 Å². The molecule has 0 fully saturated rings. The van der Waals surface area contributed by atoms with E-state index in [-0.39, 0.29) is 37.5 Å². The van der Waals surface area contributed by atoms with Crippen molar-refractivity contribution in [1.82, 2.24) is 0 Å². The molecule has 0 radical (unpaired) electrons. The van der Waals surface area contributed by atoms with Crippen molar-refractivity contribution in [2.24, 2.45) is 0 Å². The molecule has 0 aliphatic rings. The highest BCUT2D eigenvalue weighted by molar-refractivity contribution is 5.71. The first-order valence-corrected chi connectivity index (χ1v) is 34.3. The number of hydrogen-bond acceptors (Lipinski definition) is 6. The zero-order valence-corrected chi connectivity index (χ0v) is 53.9. The molecule has 470 valence electrons. The van der Waals surface area contributed by atoms with Crippen LogP contribution in [-0.2, 0) is 28.6 Å². The van der Waals surface area contributed by atoms with Gasteiger partial charge in [0.15, 0.2) is 6.10 Å². The third-order valence-corrected chi connectivity index (χ3v) is 14.3. The molecule has 0 saturated heterocycles. The molecular formula is C77H126O6. The molecule has 0 aromatic carbocycles. The van der Waals surface area contributed by atoms with Crippen LogP contribution in [0.3, 0.4) is 0 Å². The van der Waals surface area contributed by atoms with Crippen molar-refractivity contribution < 1.29 is 28.6 Å². The van der Waals surface area contributed by atoms with E-state index in [1.165, 1.54) is 128 Å². The lowest BCUT2D eigenvalue weighted by Gasteiger charge is -2.18. The summed E-state index contributed by atoms with van der Waals surface area (Å²) in [5, 5.41) is 0. The summed E-state index contributed by atoms with van der Waals surface area (Å²) in [5.41, 5.74) is 0. The minimum Gasteiger partial charge on any atom is -0.462 e. The van der Waals surface area contributed by atoms with Crippen molar-refractivity contribution in [3.05, 3.63) is 146 Å². The second kappa shape index (κ2) is 69.8. The summed E-state index contributed by atoms with van der Waals surface area (Å²) < 4.78 is 16.9. The second-order valence-corrected chi connectivity index (χ2v) is 22.3. The van der Waals surface area contributed by atoms with Crippen LogP contribution in [0.15, 0.2) is 146 Å². The molecule has 0 aliphatic carbocycles.